The molecule has 8 nitrogen and oxygen atoms in total. The van der Waals surface area contributed by atoms with Gasteiger partial charge in [0.2, 0.25) is 0 Å². The molecule has 0 aromatic carbocycles. The molecule has 2 atom stereocenters. The number of carbonyl (C=O) groups excluding carboxylic acids is 2. The SMILES string of the molecule is CCCCCCCCC=CCCCCCCCC(=O)OC(CN)C(OC(=O)CCCCCCCC=CCCCCCCCC)C(N)(CCO)CCO. The van der Waals surface area contributed by atoms with Gasteiger partial charge in [-0.05, 0) is 77.0 Å². The van der Waals surface area contributed by atoms with E-state index in [9.17, 15) is 19.8 Å². The molecule has 0 radical (unpaired) electrons. The van der Waals surface area contributed by atoms with Crippen LogP contribution in [-0.2, 0) is 19.1 Å². The fraction of sp³-hybridized carbons (Fsp3) is 0.864. The van der Waals surface area contributed by atoms with E-state index in [1.54, 1.807) is 0 Å². The zero-order chi connectivity index (χ0) is 38.4. The number of ether oxygens (including phenoxy) is 2. The molecular formula is C44H84N2O6. The van der Waals surface area contributed by atoms with E-state index in [1.165, 1.54) is 89.9 Å². The van der Waals surface area contributed by atoms with Crippen molar-refractivity contribution in [2.75, 3.05) is 19.8 Å². The second kappa shape index (κ2) is 37.6. The van der Waals surface area contributed by atoms with Gasteiger partial charge in [0.05, 0.1) is 5.54 Å². The molecule has 0 heterocycles. The fourth-order valence-electron chi connectivity index (χ4n) is 6.73. The first-order valence-corrected chi connectivity index (χ1v) is 21.8. The molecule has 0 amide bonds. The summed E-state index contributed by atoms with van der Waals surface area (Å²) in [5.41, 5.74) is 11.4. The van der Waals surface area contributed by atoms with Crippen molar-refractivity contribution in [3.8, 4) is 0 Å². The third-order valence-corrected chi connectivity index (χ3v) is 10.1. The topological polar surface area (TPSA) is 145 Å². The number of nitrogens with two attached hydrogens (primary N) is 2. The number of unbranched alkanes of at least 4 members (excludes halogenated alkanes) is 22. The Morgan fingerprint density at radius 1 is 0.538 bits per heavy atom. The van der Waals surface area contributed by atoms with E-state index in [0.29, 0.717) is 12.8 Å². The smallest absolute Gasteiger partial charge is 0.306 e. The van der Waals surface area contributed by atoms with Crippen molar-refractivity contribution in [3.63, 3.8) is 0 Å². The third kappa shape index (κ3) is 29.7. The molecule has 0 aromatic rings. The van der Waals surface area contributed by atoms with Gasteiger partial charge in [-0.15, -0.1) is 0 Å². The minimum atomic E-state index is -1.28. The number of hydrogen-bond acceptors (Lipinski definition) is 8. The van der Waals surface area contributed by atoms with Crippen molar-refractivity contribution in [1.29, 1.82) is 0 Å². The zero-order valence-corrected chi connectivity index (χ0v) is 34.0. The van der Waals surface area contributed by atoms with Gasteiger partial charge in [0.25, 0.3) is 0 Å². The van der Waals surface area contributed by atoms with Crippen LogP contribution in [0.3, 0.4) is 0 Å². The normalized spacial score (nSPS) is 13.3. The van der Waals surface area contributed by atoms with Gasteiger partial charge in [0.1, 0.15) is 0 Å². The maximum absolute atomic E-state index is 13.0. The predicted octanol–water partition coefficient (Wildman–Crippen LogP) is 10.3. The van der Waals surface area contributed by atoms with Crippen LogP contribution in [0.5, 0.6) is 0 Å². The molecular weight excluding hydrogens is 652 g/mol. The molecule has 52 heavy (non-hydrogen) atoms. The Morgan fingerprint density at radius 2 is 0.865 bits per heavy atom. The van der Waals surface area contributed by atoms with Crippen LogP contribution in [0.25, 0.3) is 0 Å². The summed E-state index contributed by atoms with van der Waals surface area (Å²) in [6, 6.07) is 0. The maximum atomic E-state index is 13.0. The lowest BCUT2D eigenvalue weighted by atomic mass is 9.83. The van der Waals surface area contributed by atoms with Crippen LogP contribution in [-0.4, -0.2) is 59.7 Å². The Bertz CT molecular complexity index is 858. The number of allylic oxidation sites excluding steroid dienone is 4. The first kappa shape index (κ1) is 50.3. The van der Waals surface area contributed by atoms with Crippen LogP contribution in [0, 0.1) is 0 Å². The molecule has 0 saturated carbocycles. The highest BCUT2D eigenvalue weighted by Crippen LogP contribution is 2.26. The second-order valence-electron chi connectivity index (χ2n) is 15.0. The highest BCUT2D eigenvalue weighted by molar-refractivity contribution is 5.70. The summed E-state index contributed by atoms with van der Waals surface area (Å²) < 4.78 is 11.6. The Labute approximate surface area is 320 Å². The molecule has 0 aliphatic carbocycles. The maximum Gasteiger partial charge on any atom is 0.306 e. The molecule has 306 valence electrons. The third-order valence-electron chi connectivity index (χ3n) is 10.1. The molecule has 8 heteroatoms. The van der Waals surface area contributed by atoms with Crippen LogP contribution >= 0.6 is 0 Å². The molecule has 0 aromatic heterocycles. The average molecular weight is 737 g/mol. The van der Waals surface area contributed by atoms with Gasteiger partial charge in [-0.2, -0.15) is 0 Å². The first-order valence-electron chi connectivity index (χ1n) is 21.8. The summed E-state index contributed by atoms with van der Waals surface area (Å²) >= 11 is 0. The van der Waals surface area contributed by atoms with E-state index < -0.39 is 29.7 Å². The van der Waals surface area contributed by atoms with Crippen LogP contribution in [0.2, 0.25) is 0 Å². The molecule has 0 bridgehead atoms. The van der Waals surface area contributed by atoms with Crippen LogP contribution in [0.15, 0.2) is 24.3 Å². The summed E-state index contributed by atoms with van der Waals surface area (Å²) in [7, 11) is 0. The first-order chi connectivity index (χ1) is 25.4. The second-order valence-corrected chi connectivity index (χ2v) is 15.0. The van der Waals surface area contributed by atoms with E-state index in [-0.39, 0.29) is 45.4 Å². The lowest BCUT2D eigenvalue weighted by Crippen LogP contribution is -2.61. The summed E-state index contributed by atoms with van der Waals surface area (Å²) in [6.07, 6.45) is 38.4. The number of esters is 2. The largest absolute Gasteiger partial charge is 0.457 e. The molecule has 2 unspecified atom stereocenters. The average Bonchev–Trinajstić information content (AvgIpc) is 3.13. The quantitative estimate of drug-likeness (QED) is 0.0277. The zero-order valence-electron chi connectivity index (χ0n) is 34.0. The van der Waals surface area contributed by atoms with Gasteiger partial charge >= 0.3 is 11.9 Å². The summed E-state index contributed by atoms with van der Waals surface area (Å²) in [4.78, 5) is 25.8. The predicted molar refractivity (Wildman–Crippen MR) is 218 cm³/mol. The van der Waals surface area contributed by atoms with Crippen molar-refractivity contribution in [2.24, 2.45) is 11.5 Å². The Kier molecular flexibility index (Phi) is 36.3. The van der Waals surface area contributed by atoms with Gasteiger partial charge in [-0.1, -0.05) is 141 Å². The molecule has 0 aliphatic heterocycles. The van der Waals surface area contributed by atoms with Crippen LogP contribution in [0.4, 0.5) is 0 Å². The number of aliphatic hydroxyl groups is 2. The Balaban J connectivity index is 4.50. The Hall–Kier alpha value is -1.74. The summed E-state index contributed by atoms with van der Waals surface area (Å²) in [5, 5.41) is 19.5. The lowest BCUT2D eigenvalue weighted by Gasteiger charge is -2.39. The van der Waals surface area contributed by atoms with E-state index in [1.807, 2.05) is 0 Å². The van der Waals surface area contributed by atoms with E-state index in [2.05, 4.69) is 38.2 Å². The van der Waals surface area contributed by atoms with Crippen LogP contribution < -0.4 is 11.5 Å². The lowest BCUT2D eigenvalue weighted by molar-refractivity contribution is -0.175. The minimum absolute atomic E-state index is 0.0706. The standard InChI is InChI=1S/C44H84N2O6/c1-3-5-7-9-11-13-15-17-19-21-23-25-27-29-31-33-41(49)51-40(39-45)43(44(46,35-37-47)36-38-48)52-42(50)34-32-30-28-26-24-22-20-18-16-14-12-10-8-6-4-2/h17-20,40,43,47-48H,3-16,21-39,45-46H2,1-2H3. The minimum Gasteiger partial charge on any atom is -0.457 e. The fourth-order valence-corrected chi connectivity index (χ4v) is 6.73. The van der Waals surface area contributed by atoms with Gasteiger partial charge in [0, 0.05) is 32.6 Å². The van der Waals surface area contributed by atoms with Crippen molar-refractivity contribution in [1.82, 2.24) is 0 Å². The molecule has 0 spiro atoms. The number of rotatable bonds is 39. The van der Waals surface area contributed by atoms with Gasteiger partial charge < -0.3 is 31.2 Å². The van der Waals surface area contributed by atoms with Crippen molar-refractivity contribution in [2.45, 2.75) is 224 Å². The highest BCUT2D eigenvalue weighted by atomic mass is 16.6. The monoisotopic (exact) mass is 737 g/mol. The molecule has 0 aliphatic rings. The number of aliphatic hydroxyl groups excluding tert-OH is 2. The molecule has 0 fully saturated rings. The van der Waals surface area contributed by atoms with Crippen molar-refractivity contribution in [3.05, 3.63) is 24.3 Å². The molecule has 0 saturated heterocycles. The van der Waals surface area contributed by atoms with E-state index in [4.69, 9.17) is 20.9 Å². The van der Waals surface area contributed by atoms with Gasteiger partial charge in [-0.25, -0.2) is 0 Å². The number of hydrogen-bond donors (Lipinski definition) is 4. The molecule has 0 rings (SSSR count). The van der Waals surface area contributed by atoms with Gasteiger partial charge in [0.15, 0.2) is 12.2 Å². The Morgan fingerprint density at radius 3 is 1.21 bits per heavy atom. The summed E-state index contributed by atoms with van der Waals surface area (Å²) in [5.74, 6) is -0.832. The van der Waals surface area contributed by atoms with Crippen LogP contribution in [0.1, 0.15) is 206 Å². The van der Waals surface area contributed by atoms with Gasteiger partial charge in [-0.3, -0.25) is 9.59 Å². The van der Waals surface area contributed by atoms with E-state index in [0.717, 1.165) is 64.2 Å². The highest BCUT2D eigenvalue weighted by Gasteiger charge is 2.43. The number of carbonyl (C=O) groups is 2. The van der Waals surface area contributed by atoms with E-state index >= 15 is 0 Å². The molecule has 6 N–H and O–H groups in total. The summed E-state index contributed by atoms with van der Waals surface area (Å²) in [6.45, 7) is 3.89. The van der Waals surface area contributed by atoms with Crippen molar-refractivity contribution >= 4 is 11.9 Å². The van der Waals surface area contributed by atoms with Crippen molar-refractivity contribution < 1.29 is 29.3 Å².